The highest BCUT2D eigenvalue weighted by molar-refractivity contribution is 9.10. The molecule has 0 saturated heterocycles. The van der Waals surface area contributed by atoms with E-state index in [1.54, 1.807) is 0 Å². The molecule has 0 fully saturated rings. The Hall–Kier alpha value is -0.210. The van der Waals surface area contributed by atoms with Crippen molar-refractivity contribution in [2.45, 2.75) is 12.8 Å². The van der Waals surface area contributed by atoms with Crippen LogP contribution in [0.2, 0.25) is 6.43 Å². The molecule has 0 radical (unpaired) electrons. The maximum Gasteiger partial charge on any atom is 0.160 e. The summed E-state index contributed by atoms with van der Waals surface area (Å²) < 4.78 is 8.65. The van der Waals surface area contributed by atoms with Crippen LogP contribution >= 0.6 is 27.5 Å². The number of anilines is 1. The van der Waals surface area contributed by atoms with Gasteiger partial charge in [0.2, 0.25) is 0 Å². The Kier molecular flexibility index (Phi) is 1.97. The fraction of sp³-hybridized carbons (Fsp3) is 0.333. The Labute approximate surface area is 86.7 Å². The lowest BCUT2D eigenvalue weighted by Crippen LogP contribution is -2.11. The van der Waals surface area contributed by atoms with Crippen LogP contribution in [-0.2, 0) is 6.42 Å². The molecular weight excluding hydrogens is 237 g/mol. The van der Waals surface area contributed by atoms with Gasteiger partial charge in [-0.05, 0) is 46.5 Å². The predicted octanol–water partition coefficient (Wildman–Crippen LogP) is 3.46. The summed E-state index contributed by atoms with van der Waals surface area (Å²) in [5.41, 5.74) is 2.14. The summed E-state index contributed by atoms with van der Waals surface area (Å²) >= 11 is 9.35. The minimum absolute atomic E-state index is 0.737. The van der Waals surface area contributed by atoms with E-state index in [0.717, 1.165) is 34.6 Å². The molecule has 0 aliphatic carbocycles. The van der Waals surface area contributed by atoms with Gasteiger partial charge < -0.3 is 5.31 Å². The zero-order valence-electron chi connectivity index (χ0n) is 7.48. The lowest BCUT2D eigenvalue weighted by molar-refractivity contribution is 0.829. The molecule has 1 aromatic carbocycles. The Balaban J connectivity index is 2.56. The molecule has 0 amide bonds. The monoisotopic (exact) mass is 246 g/mol. The van der Waals surface area contributed by atoms with Gasteiger partial charge in [0.15, 0.2) is 1.41 Å². The summed E-state index contributed by atoms with van der Waals surface area (Å²) in [5, 5.41) is 2.26. The average molecular weight is 248 g/mol. The molecule has 0 unspecified atom stereocenters. The highest BCUT2D eigenvalue weighted by Crippen LogP contribution is 2.33. The standard InChI is InChI=1S/C9H9BrClN/c10-8-5-7(11)4-6-2-1-3-12-9(6)8/h4-5,12H,1-3H2/i/hD. The van der Waals surface area contributed by atoms with Crippen LogP contribution in [0, 0.1) is 0 Å². The smallest absolute Gasteiger partial charge is 0.160 e. The fourth-order valence-corrected chi connectivity index (χ4v) is 2.45. The van der Waals surface area contributed by atoms with Crippen LogP contribution in [0.4, 0.5) is 5.69 Å². The van der Waals surface area contributed by atoms with E-state index >= 15 is 0 Å². The topological polar surface area (TPSA) is 12.0 Å². The van der Waals surface area contributed by atoms with Gasteiger partial charge in [-0.3, -0.25) is 0 Å². The molecule has 0 bridgehead atoms. The average Bonchev–Trinajstić information content (AvgIpc) is 2.02. The Morgan fingerprint density at radius 3 is 3.25 bits per heavy atom. The van der Waals surface area contributed by atoms with Crippen molar-refractivity contribution in [3.8, 4) is 0 Å². The zero-order chi connectivity index (χ0) is 9.42. The molecule has 0 saturated carbocycles. The van der Waals surface area contributed by atoms with E-state index in [1.165, 1.54) is 10.9 Å². The summed E-state index contributed by atoms with van der Waals surface area (Å²) in [4.78, 5) is 0. The molecule has 3 heteroatoms. The molecule has 1 N–H and O–H groups in total. The normalized spacial score (nSPS) is 17.2. The van der Waals surface area contributed by atoms with Gasteiger partial charge in [-0.15, -0.1) is 0 Å². The molecule has 0 spiro atoms. The Morgan fingerprint density at radius 1 is 1.58 bits per heavy atom. The fourth-order valence-electron chi connectivity index (χ4n) is 1.45. The molecule has 1 nitrogen and oxygen atoms in total. The van der Waals surface area contributed by atoms with Crippen LogP contribution in [0.5, 0.6) is 0 Å². The minimum atomic E-state index is 0.737. The van der Waals surface area contributed by atoms with Crippen molar-refractivity contribution < 1.29 is 1.41 Å². The third-order valence-corrected chi connectivity index (χ3v) is 2.80. The van der Waals surface area contributed by atoms with E-state index in [-0.39, 0.29) is 0 Å². The maximum atomic E-state index is 7.73. The number of hydrogen-bond donors (Lipinski definition) is 1. The van der Waals surface area contributed by atoms with Crippen molar-refractivity contribution >= 4 is 33.2 Å². The molecule has 1 aromatic rings. The highest BCUT2D eigenvalue weighted by Gasteiger charge is 2.11. The van der Waals surface area contributed by atoms with E-state index in [2.05, 4.69) is 15.9 Å². The summed E-state index contributed by atoms with van der Waals surface area (Å²) in [5.74, 6) is 0. The van der Waals surface area contributed by atoms with Crippen molar-refractivity contribution in [2.75, 3.05) is 11.9 Å². The number of fused-ring (bicyclic) bond motifs is 1. The third-order valence-electron chi connectivity index (χ3n) is 1.98. The van der Waals surface area contributed by atoms with Gasteiger partial charge in [-0.25, -0.2) is 0 Å². The van der Waals surface area contributed by atoms with E-state index in [0.29, 0.717) is 0 Å². The van der Waals surface area contributed by atoms with Crippen LogP contribution in [0.15, 0.2) is 16.6 Å². The van der Waals surface area contributed by atoms with Gasteiger partial charge in [0.05, 0.1) is 5.69 Å². The number of hydrogen-bond acceptors (Lipinski definition) is 1. The second-order valence-electron chi connectivity index (χ2n) is 2.88. The van der Waals surface area contributed by atoms with Gasteiger partial charge in [0.25, 0.3) is 0 Å². The molecule has 1 heterocycles. The van der Waals surface area contributed by atoms with Crippen LogP contribution in [-0.4, -0.2) is 6.54 Å². The van der Waals surface area contributed by atoms with Crippen molar-refractivity contribution in [1.82, 2.24) is 0 Å². The maximum absolute atomic E-state index is 7.73. The lowest BCUT2D eigenvalue weighted by Gasteiger charge is -2.19. The van der Waals surface area contributed by atoms with E-state index in [1.807, 2.05) is 12.1 Å². The van der Waals surface area contributed by atoms with E-state index < -0.39 is 0 Å². The zero-order valence-corrected chi connectivity index (χ0v) is 8.82. The number of aryl methyl sites for hydroxylation is 1. The van der Waals surface area contributed by atoms with Gasteiger partial charge >= 0.3 is 0 Å². The second-order valence-corrected chi connectivity index (χ2v) is 4.17. The summed E-state index contributed by atoms with van der Waals surface area (Å²) in [6.07, 6.45) is 2.05. The third kappa shape index (κ3) is 1.46. The summed E-state index contributed by atoms with van der Waals surface area (Å²) in [6.45, 7) is 0.799. The quantitative estimate of drug-likeness (QED) is 0.740. The number of benzene rings is 1. The van der Waals surface area contributed by atoms with Gasteiger partial charge in [0, 0.05) is 16.0 Å². The number of nitrogens with one attached hydrogen (secondary N) is 1. The molecule has 0 atom stereocenters. The van der Waals surface area contributed by atoms with E-state index in [9.17, 15) is 0 Å². The predicted molar refractivity (Wildman–Crippen MR) is 56.0 cm³/mol. The molecule has 2 rings (SSSR count). The van der Waals surface area contributed by atoms with Crippen molar-refractivity contribution in [1.29, 1.82) is 0 Å². The second kappa shape index (κ2) is 3.27. The first kappa shape index (κ1) is 7.22. The van der Waals surface area contributed by atoms with Crippen molar-refractivity contribution in [3.05, 3.63) is 27.2 Å². The minimum Gasteiger partial charge on any atom is -0.384 e. The summed E-state index contributed by atoms with van der Waals surface area (Å²) in [6, 6.07) is 3.79. The molecule has 1 aliphatic rings. The van der Waals surface area contributed by atoms with E-state index in [4.69, 9.17) is 13.0 Å². The molecule has 0 aromatic heterocycles. The first-order valence-electron chi connectivity index (χ1n) is 4.37. The largest absolute Gasteiger partial charge is 0.384 e. The first-order chi connectivity index (χ1) is 6.18. The number of halogens is 2. The molecule has 12 heavy (non-hydrogen) atoms. The first-order valence-corrected chi connectivity index (χ1v) is 5.10. The van der Waals surface area contributed by atoms with Crippen LogP contribution in [0.25, 0.3) is 0 Å². The SMILES string of the molecule is [2H]N1CCCc2cc(Cl)cc(Br)c21. The van der Waals surface area contributed by atoms with Crippen LogP contribution < -0.4 is 5.31 Å². The lowest BCUT2D eigenvalue weighted by atomic mass is 10.0. The van der Waals surface area contributed by atoms with Gasteiger partial charge in [0.1, 0.15) is 0 Å². The Morgan fingerprint density at radius 2 is 2.42 bits per heavy atom. The van der Waals surface area contributed by atoms with Gasteiger partial charge in [-0.2, -0.15) is 0 Å². The van der Waals surface area contributed by atoms with Gasteiger partial charge in [-0.1, -0.05) is 11.6 Å². The molecule has 64 valence electrons. The molecular formula is C9H9BrClN. The van der Waals surface area contributed by atoms with Crippen molar-refractivity contribution in [3.63, 3.8) is 0 Å². The van der Waals surface area contributed by atoms with Crippen molar-refractivity contribution in [2.24, 2.45) is 0 Å². The number of rotatable bonds is 0. The molecule has 1 aliphatic heterocycles. The van der Waals surface area contributed by atoms with Crippen LogP contribution in [0.3, 0.4) is 0 Å². The summed E-state index contributed by atoms with van der Waals surface area (Å²) in [7, 11) is 0. The highest BCUT2D eigenvalue weighted by atomic mass is 79.9. The Bertz CT molecular complexity index is 343. The van der Waals surface area contributed by atoms with Crippen LogP contribution in [0.1, 0.15) is 12.0 Å².